The topological polar surface area (TPSA) is 287 Å². The van der Waals surface area contributed by atoms with Gasteiger partial charge in [0.2, 0.25) is 23.6 Å². The number of fused-ring (bicyclic) bond motifs is 1. The predicted octanol–water partition coefficient (Wildman–Crippen LogP) is 1.41. The number of rotatable bonds is 18. The third-order valence-corrected chi connectivity index (χ3v) is 7.69. The molecule has 0 fully saturated rings. The molecule has 1 aromatic carbocycles. The number of ether oxygens (including phenoxy) is 1. The van der Waals surface area contributed by atoms with Gasteiger partial charge in [0.15, 0.2) is 5.96 Å². The van der Waals surface area contributed by atoms with E-state index < -0.39 is 83.9 Å². The second kappa shape index (κ2) is 21.2. The summed E-state index contributed by atoms with van der Waals surface area (Å²) < 4.78 is 10.5. The van der Waals surface area contributed by atoms with Gasteiger partial charge < -0.3 is 52.3 Å². The van der Waals surface area contributed by atoms with E-state index in [9.17, 15) is 38.7 Å². The Balaban J connectivity index is 0.0000140. The molecular formula is C34H51ClN8O10. The minimum atomic E-state index is -1.39. The molecule has 0 radical (unpaired) electrons. The van der Waals surface area contributed by atoms with E-state index in [0.29, 0.717) is 17.4 Å². The van der Waals surface area contributed by atoms with Gasteiger partial charge in [-0.15, -0.1) is 12.4 Å². The lowest BCUT2D eigenvalue weighted by Crippen LogP contribution is -2.57. The summed E-state index contributed by atoms with van der Waals surface area (Å²) in [5.74, 6) is -4.80. The van der Waals surface area contributed by atoms with Crippen molar-refractivity contribution in [3.8, 4) is 0 Å². The summed E-state index contributed by atoms with van der Waals surface area (Å²) in [4.78, 5) is 92.4. The van der Waals surface area contributed by atoms with Crippen LogP contribution in [0.4, 0.5) is 10.5 Å². The van der Waals surface area contributed by atoms with Crippen molar-refractivity contribution in [1.29, 1.82) is 0 Å². The average molecular weight is 767 g/mol. The third-order valence-electron chi connectivity index (χ3n) is 7.69. The first-order valence-corrected chi connectivity index (χ1v) is 16.8. The summed E-state index contributed by atoms with van der Waals surface area (Å²) in [5, 5.41) is 22.5. The van der Waals surface area contributed by atoms with Crippen LogP contribution in [0.5, 0.6) is 0 Å². The van der Waals surface area contributed by atoms with Crippen molar-refractivity contribution < 1.29 is 43.0 Å². The standard InChI is InChI=1S/C34H50N8O10.ClH/c1-7-18(2)28(42-33(50)52-34(4,5)6)31(49)41-23(12-13-26(44)45)29(47)38-17-25(43)40-22(9-8-14-37-32(35)36)30(48)39-20-10-11-21-19(3)15-27(46)51-24(21)16-20;/h10-11,15-16,18,22-23,28H,7-9,12-14,17H2,1-6H3,(H,38,47)(H,39,48)(H,40,43)(H,41,49)(H,42,50)(H,44,45)(H4,35,36,37);1H. The zero-order valence-electron chi connectivity index (χ0n) is 30.7. The lowest BCUT2D eigenvalue weighted by Gasteiger charge is -2.28. The highest BCUT2D eigenvalue weighted by atomic mass is 35.5. The van der Waals surface area contributed by atoms with Crippen LogP contribution in [0.1, 0.15) is 72.3 Å². The summed E-state index contributed by atoms with van der Waals surface area (Å²) >= 11 is 0. The van der Waals surface area contributed by atoms with Gasteiger partial charge in [0.1, 0.15) is 29.3 Å². The number of hydrogen-bond donors (Lipinski definition) is 8. The van der Waals surface area contributed by atoms with Crippen LogP contribution in [0.15, 0.2) is 38.5 Å². The second-order valence-electron chi connectivity index (χ2n) is 13.2. The number of benzene rings is 1. The molecule has 0 spiro atoms. The molecule has 1 heterocycles. The first-order chi connectivity index (χ1) is 24.3. The van der Waals surface area contributed by atoms with Crippen molar-refractivity contribution >= 4 is 70.7 Å². The number of halogens is 1. The number of carboxylic acids is 1. The zero-order chi connectivity index (χ0) is 39.2. The van der Waals surface area contributed by atoms with Crippen molar-refractivity contribution in [2.45, 2.75) is 97.4 Å². The molecule has 294 valence electrons. The van der Waals surface area contributed by atoms with E-state index in [0.717, 1.165) is 0 Å². The summed E-state index contributed by atoms with van der Waals surface area (Å²) in [6.07, 6.45) is -0.827. The van der Waals surface area contributed by atoms with Crippen LogP contribution >= 0.6 is 12.4 Å². The number of anilines is 1. The molecule has 19 heteroatoms. The molecule has 1 aromatic heterocycles. The predicted molar refractivity (Wildman–Crippen MR) is 199 cm³/mol. The molecule has 0 aliphatic rings. The molecule has 2 rings (SSSR count). The van der Waals surface area contributed by atoms with Crippen molar-refractivity contribution in [3.05, 3.63) is 40.2 Å². The number of carbonyl (C=O) groups excluding carboxylic acids is 5. The highest BCUT2D eigenvalue weighted by molar-refractivity contribution is 5.99. The van der Waals surface area contributed by atoms with Gasteiger partial charge in [-0.3, -0.25) is 29.0 Å². The number of hydrogen-bond acceptors (Lipinski definition) is 10. The first-order valence-electron chi connectivity index (χ1n) is 16.8. The summed E-state index contributed by atoms with van der Waals surface area (Å²) in [7, 11) is 0. The number of guanidine groups is 1. The minimum Gasteiger partial charge on any atom is -0.481 e. The van der Waals surface area contributed by atoms with E-state index in [1.807, 2.05) is 0 Å². The Morgan fingerprint density at radius 3 is 2.23 bits per heavy atom. The molecule has 4 unspecified atom stereocenters. The van der Waals surface area contributed by atoms with Gasteiger partial charge in [0, 0.05) is 36.2 Å². The van der Waals surface area contributed by atoms with Crippen LogP contribution in [0.2, 0.25) is 0 Å². The largest absolute Gasteiger partial charge is 0.481 e. The molecule has 4 atom stereocenters. The number of carboxylic acid groups (broad SMARTS) is 1. The molecule has 0 bridgehead atoms. The SMILES string of the molecule is CCC(C)C(NC(=O)OC(C)(C)C)C(=O)NC(CCC(=O)O)C(=O)NCC(=O)NC(CCCN=C(N)N)C(=O)Nc1ccc2c(C)cc(=O)oc2c1.Cl. The summed E-state index contributed by atoms with van der Waals surface area (Å²) in [5.41, 5.74) is 10.6. The Bertz CT molecular complexity index is 1700. The molecule has 0 saturated carbocycles. The number of nitrogens with one attached hydrogen (secondary N) is 5. The van der Waals surface area contributed by atoms with E-state index >= 15 is 0 Å². The van der Waals surface area contributed by atoms with Gasteiger partial charge >= 0.3 is 17.7 Å². The Hall–Kier alpha value is -5.39. The van der Waals surface area contributed by atoms with Crippen LogP contribution < -0.4 is 43.7 Å². The molecule has 18 nitrogen and oxygen atoms in total. The number of nitrogens with zero attached hydrogens (tertiary/aromatic N) is 1. The molecule has 0 saturated heterocycles. The van der Waals surface area contributed by atoms with Crippen LogP contribution in [-0.4, -0.2) is 83.6 Å². The number of amides is 5. The van der Waals surface area contributed by atoms with E-state index in [-0.39, 0.29) is 55.4 Å². The van der Waals surface area contributed by atoms with Gasteiger partial charge in [-0.05, 0) is 70.6 Å². The van der Waals surface area contributed by atoms with Gasteiger partial charge in [-0.25, -0.2) is 9.59 Å². The Kier molecular flexibility index (Phi) is 18.3. The van der Waals surface area contributed by atoms with Crippen LogP contribution in [0.25, 0.3) is 11.0 Å². The third kappa shape index (κ3) is 16.2. The normalized spacial score (nSPS) is 13.2. The van der Waals surface area contributed by atoms with Gasteiger partial charge in [0.05, 0.1) is 6.54 Å². The van der Waals surface area contributed by atoms with E-state index in [4.69, 9.17) is 20.6 Å². The highest BCUT2D eigenvalue weighted by Gasteiger charge is 2.32. The average Bonchev–Trinajstić information content (AvgIpc) is 3.03. The molecule has 5 amide bonds. The van der Waals surface area contributed by atoms with Crippen molar-refractivity contribution in [2.24, 2.45) is 22.4 Å². The number of nitrogens with two attached hydrogens (primary N) is 2. The van der Waals surface area contributed by atoms with Crippen molar-refractivity contribution in [1.82, 2.24) is 21.3 Å². The van der Waals surface area contributed by atoms with Crippen molar-refractivity contribution in [2.75, 3.05) is 18.4 Å². The zero-order valence-corrected chi connectivity index (χ0v) is 31.5. The van der Waals surface area contributed by atoms with Crippen LogP contribution in [-0.2, 0) is 28.7 Å². The first kappa shape index (κ1) is 45.6. The van der Waals surface area contributed by atoms with Gasteiger partial charge in [0.25, 0.3) is 0 Å². The van der Waals surface area contributed by atoms with Crippen LogP contribution in [0, 0.1) is 12.8 Å². The van der Waals surface area contributed by atoms with Crippen molar-refractivity contribution in [3.63, 3.8) is 0 Å². The fourth-order valence-corrected chi connectivity index (χ4v) is 4.87. The molecule has 53 heavy (non-hydrogen) atoms. The molecule has 0 aliphatic heterocycles. The Labute approximate surface area is 313 Å². The lowest BCUT2D eigenvalue weighted by atomic mass is 9.97. The van der Waals surface area contributed by atoms with Crippen LogP contribution in [0.3, 0.4) is 0 Å². The number of alkyl carbamates (subject to hydrolysis) is 1. The quantitative estimate of drug-likeness (QED) is 0.0463. The maximum atomic E-state index is 13.3. The fraction of sp³-hybridized carbons (Fsp3) is 0.529. The van der Waals surface area contributed by atoms with E-state index in [2.05, 4.69) is 31.6 Å². The maximum absolute atomic E-state index is 13.3. The van der Waals surface area contributed by atoms with E-state index in [1.54, 1.807) is 53.7 Å². The number of aryl methyl sites for hydroxylation is 1. The fourth-order valence-electron chi connectivity index (χ4n) is 4.87. The van der Waals surface area contributed by atoms with Gasteiger partial charge in [-0.2, -0.15) is 0 Å². The molecule has 0 aliphatic carbocycles. The van der Waals surface area contributed by atoms with E-state index in [1.165, 1.54) is 12.1 Å². The molecule has 2 aromatic rings. The highest BCUT2D eigenvalue weighted by Crippen LogP contribution is 2.21. The molecular weight excluding hydrogens is 716 g/mol. The van der Waals surface area contributed by atoms with Gasteiger partial charge in [-0.1, -0.05) is 20.3 Å². The lowest BCUT2D eigenvalue weighted by molar-refractivity contribution is -0.138. The number of aliphatic carboxylic acids is 1. The maximum Gasteiger partial charge on any atom is 0.408 e. The smallest absolute Gasteiger partial charge is 0.408 e. The Morgan fingerprint density at radius 2 is 1.62 bits per heavy atom. The molecule has 10 N–H and O–H groups in total. The summed E-state index contributed by atoms with van der Waals surface area (Å²) in [6, 6.07) is 2.45. The number of aliphatic imine (C=N–C) groups is 1. The summed E-state index contributed by atoms with van der Waals surface area (Å²) in [6.45, 7) is 9.73. The number of carbonyl (C=O) groups is 6. The monoisotopic (exact) mass is 766 g/mol. The minimum absolute atomic E-state index is 0. The second-order valence-corrected chi connectivity index (χ2v) is 13.2. The Morgan fingerprint density at radius 1 is 0.962 bits per heavy atom.